The van der Waals surface area contributed by atoms with E-state index >= 15 is 0 Å². The molecule has 6 heteroatoms. The third-order valence-electron chi connectivity index (χ3n) is 3.78. The van der Waals surface area contributed by atoms with Gasteiger partial charge in [0.2, 0.25) is 0 Å². The number of β-amino-alcohol motifs (C(OH)–C–C–N with tert-alkyl or cyclic N) is 1. The van der Waals surface area contributed by atoms with E-state index in [4.69, 9.17) is 15.9 Å². The van der Waals surface area contributed by atoms with E-state index in [0.29, 0.717) is 13.0 Å². The molecule has 0 bridgehead atoms. The molecule has 5 nitrogen and oxygen atoms in total. The Kier molecular flexibility index (Phi) is 6.31. The fraction of sp³-hybridized carbons (Fsp3) is 0.611. The molecule has 0 aliphatic carbocycles. The molecule has 24 heavy (non-hydrogen) atoms. The van der Waals surface area contributed by atoms with Gasteiger partial charge in [-0.2, -0.15) is 0 Å². The Hall–Kier alpha value is -1.08. The van der Waals surface area contributed by atoms with Gasteiger partial charge in [-0.25, -0.2) is 0 Å². The van der Waals surface area contributed by atoms with E-state index in [9.17, 15) is 5.11 Å². The molecule has 0 saturated carbocycles. The number of hydrogen-bond acceptors (Lipinski definition) is 6. The summed E-state index contributed by atoms with van der Waals surface area (Å²) in [6.45, 7) is 6.95. The maximum Gasteiger partial charge on any atom is 0.119 e. The Balaban J connectivity index is 1.79. The Labute approximate surface area is 148 Å². The van der Waals surface area contributed by atoms with Gasteiger partial charge in [-0.05, 0) is 38.5 Å². The molecular weight excluding hydrogens is 322 g/mol. The van der Waals surface area contributed by atoms with Crippen LogP contribution in [-0.4, -0.2) is 46.2 Å². The lowest BCUT2D eigenvalue weighted by Crippen LogP contribution is -2.42. The molecule has 1 saturated heterocycles. The molecule has 0 aromatic heterocycles. The summed E-state index contributed by atoms with van der Waals surface area (Å²) in [5, 5.41) is 20.9. The summed E-state index contributed by atoms with van der Waals surface area (Å²) in [4.78, 5) is -0.353. The minimum atomic E-state index is -0.544. The van der Waals surface area contributed by atoms with Crippen LogP contribution in [0.3, 0.4) is 0 Å². The highest BCUT2D eigenvalue weighted by molar-refractivity contribution is 8.01. The normalized spacial score (nSPS) is 22.6. The van der Waals surface area contributed by atoms with Crippen LogP contribution in [0, 0.1) is 5.41 Å². The van der Waals surface area contributed by atoms with Crippen LogP contribution in [0.4, 0.5) is 0 Å². The number of rotatable bonds is 7. The van der Waals surface area contributed by atoms with Crippen molar-refractivity contribution >= 4 is 17.5 Å². The summed E-state index contributed by atoms with van der Waals surface area (Å²) < 4.78 is 5.64. The molecule has 0 amide bonds. The lowest BCUT2D eigenvalue weighted by atomic mass is 10.0. The van der Waals surface area contributed by atoms with Crippen LogP contribution in [0.1, 0.15) is 32.8 Å². The largest absolute Gasteiger partial charge is 0.491 e. The molecule has 0 radical (unpaired) electrons. The van der Waals surface area contributed by atoms with Crippen molar-refractivity contribution in [2.24, 2.45) is 5.73 Å². The lowest BCUT2D eigenvalue weighted by molar-refractivity contribution is 0.100. The Morgan fingerprint density at radius 1 is 1.38 bits per heavy atom. The molecule has 1 fully saturated rings. The van der Waals surface area contributed by atoms with Crippen molar-refractivity contribution < 1.29 is 9.84 Å². The van der Waals surface area contributed by atoms with Crippen LogP contribution in [0.2, 0.25) is 0 Å². The van der Waals surface area contributed by atoms with Gasteiger partial charge in [0, 0.05) is 36.4 Å². The predicted octanol–water partition coefficient (Wildman–Crippen LogP) is 2.17. The van der Waals surface area contributed by atoms with E-state index in [1.807, 2.05) is 24.3 Å². The molecule has 1 aromatic rings. The van der Waals surface area contributed by atoms with E-state index in [-0.39, 0.29) is 17.0 Å². The van der Waals surface area contributed by atoms with Gasteiger partial charge in [-0.1, -0.05) is 12.1 Å². The molecule has 1 aliphatic heterocycles. The molecule has 1 aliphatic rings. The minimum Gasteiger partial charge on any atom is -0.491 e. The van der Waals surface area contributed by atoms with Gasteiger partial charge in [-0.3, -0.25) is 0 Å². The average Bonchev–Trinajstić information content (AvgIpc) is 2.83. The van der Waals surface area contributed by atoms with Crippen molar-refractivity contribution in [2.75, 3.05) is 18.9 Å². The molecule has 0 spiro atoms. The summed E-state index contributed by atoms with van der Waals surface area (Å²) in [5.74, 6) is 1.48. The van der Waals surface area contributed by atoms with E-state index in [1.165, 1.54) is 0 Å². The summed E-state index contributed by atoms with van der Waals surface area (Å²) in [6.07, 6.45) is 0.860. The molecule has 134 valence electrons. The van der Waals surface area contributed by atoms with Crippen molar-refractivity contribution in [3.8, 4) is 5.75 Å². The second-order valence-electron chi connectivity index (χ2n) is 7.55. The third-order valence-corrected chi connectivity index (χ3v) is 5.14. The summed E-state index contributed by atoms with van der Waals surface area (Å²) >= 11 is 1.66. The molecule has 2 rings (SSSR count). The summed E-state index contributed by atoms with van der Waals surface area (Å²) in [5.41, 5.74) is 8.18. The minimum absolute atomic E-state index is 0.0184. The predicted molar refractivity (Wildman–Crippen MR) is 101 cm³/mol. The van der Waals surface area contributed by atoms with Crippen molar-refractivity contribution in [3.63, 3.8) is 0 Å². The zero-order valence-corrected chi connectivity index (χ0v) is 15.6. The van der Waals surface area contributed by atoms with Gasteiger partial charge < -0.3 is 26.3 Å². The van der Waals surface area contributed by atoms with Crippen LogP contribution in [0.25, 0.3) is 0 Å². The fourth-order valence-electron chi connectivity index (χ4n) is 2.53. The Morgan fingerprint density at radius 2 is 2.04 bits per heavy atom. The first-order valence-corrected chi connectivity index (χ1v) is 9.28. The fourth-order valence-corrected chi connectivity index (χ4v) is 3.64. The lowest BCUT2D eigenvalue weighted by Gasteiger charge is -2.23. The highest BCUT2D eigenvalue weighted by atomic mass is 32.2. The van der Waals surface area contributed by atoms with E-state index in [0.717, 1.165) is 29.2 Å². The quantitative estimate of drug-likeness (QED) is 0.604. The number of thioether (sulfide) groups is 1. The van der Waals surface area contributed by atoms with E-state index in [1.54, 1.807) is 11.8 Å². The van der Waals surface area contributed by atoms with Crippen LogP contribution in [-0.2, 0) is 6.42 Å². The van der Waals surface area contributed by atoms with E-state index in [2.05, 4.69) is 26.1 Å². The van der Waals surface area contributed by atoms with Crippen LogP contribution in [0.15, 0.2) is 24.3 Å². The summed E-state index contributed by atoms with van der Waals surface area (Å²) in [6, 6.07) is 7.83. The van der Waals surface area contributed by atoms with Crippen molar-refractivity contribution in [1.29, 1.82) is 5.41 Å². The highest BCUT2D eigenvalue weighted by Crippen LogP contribution is 2.34. The van der Waals surface area contributed by atoms with E-state index < -0.39 is 6.10 Å². The maximum atomic E-state index is 9.95. The van der Waals surface area contributed by atoms with Crippen molar-refractivity contribution in [3.05, 3.63) is 29.8 Å². The van der Waals surface area contributed by atoms with Crippen molar-refractivity contribution in [1.82, 2.24) is 5.32 Å². The smallest absolute Gasteiger partial charge is 0.119 e. The standard InChI is InChI=1S/C18H29N3O2S/c1-17(2,3)21-10-15(22)11-23-16-6-4-13(5-7-16)8-18(20)9-14(19)12-24-18/h4-7,15,19,21-22H,8-12,20H2,1-3H3. The Morgan fingerprint density at radius 3 is 2.58 bits per heavy atom. The summed E-state index contributed by atoms with van der Waals surface area (Å²) in [7, 11) is 0. The number of aliphatic hydroxyl groups excluding tert-OH is 1. The third kappa shape index (κ3) is 6.43. The second kappa shape index (κ2) is 7.87. The zero-order valence-electron chi connectivity index (χ0n) is 14.8. The number of benzene rings is 1. The maximum absolute atomic E-state index is 9.95. The molecular formula is C18H29N3O2S. The van der Waals surface area contributed by atoms with Crippen LogP contribution < -0.4 is 15.8 Å². The number of nitrogens with one attached hydrogen (secondary N) is 2. The van der Waals surface area contributed by atoms with Gasteiger partial charge in [0.05, 0.1) is 4.87 Å². The first-order chi connectivity index (χ1) is 11.2. The van der Waals surface area contributed by atoms with Gasteiger partial charge in [0.25, 0.3) is 0 Å². The topological polar surface area (TPSA) is 91.4 Å². The molecule has 2 atom stereocenters. The average molecular weight is 352 g/mol. The van der Waals surface area contributed by atoms with Crippen LogP contribution >= 0.6 is 11.8 Å². The number of ether oxygens (including phenoxy) is 1. The first-order valence-electron chi connectivity index (χ1n) is 8.29. The molecule has 1 heterocycles. The second-order valence-corrected chi connectivity index (χ2v) is 8.94. The van der Waals surface area contributed by atoms with Crippen LogP contribution in [0.5, 0.6) is 5.75 Å². The number of nitrogens with two attached hydrogens (primary N) is 1. The van der Waals surface area contributed by atoms with Crippen molar-refractivity contribution in [2.45, 2.75) is 50.1 Å². The van der Waals surface area contributed by atoms with Gasteiger partial charge in [0.15, 0.2) is 0 Å². The SMILES string of the molecule is CC(C)(C)NCC(O)COc1ccc(CC2(N)CC(=N)CS2)cc1. The number of aliphatic hydroxyl groups is 1. The Bertz CT molecular complexity index is 556. The first kappa shape index (κ1) is 19.2. The molecule has 1 aromatic carbocycles. The van der Waals surface area contributed by atoms with Gasteiger partial charge in [-0.15, -0.1) is 11.8 Å². The number of hydrogen-bond donors (Lipinski definition) is 4. The van der Waals surface area contributed by atoms with Gasteiger partial charge >= 0.3 is 0 Å². The molecule has 2 unspecified atom stereocenters. The van der Waals surface area contributed by atoms with Gasteiger partial charge in [0.1, 0.15) is 18.5 Å². The zero-order chi connectivity index (χ0) is 17.8. The highest BCUT2D eigenvalue weighted by Gasteiger charge is 2.33. The molecule has 5 N–H and O–H groups in total. The monoisotopic (exact) mass is 351 g/mol.